The van der Waals surface area contributed by atoms with E-state index in [2.05, 4.69) is 20.4 Å². The molecular formula is C18H36O2. The Balaban J connectivity index is 0. The zero-order chi connectivity index (χ0) is 15.5. The highest BCUT2D eigenvalue weighted by Crippen LogP contribution is 2.09. The maximum atomic E-state index is 9.87. The monoisotopic (exact) mass is 284 g/mol. The lowest BCUT2D eigenvalue weighted by molar-refractivity contribution is -0.137. The molecule has 0 amide bonds. The fraction of sp³-hybridized carbons (Fsp3) is 0.833. The van der Waals surface area contributed by atoms with Gasteiger partial charge in [-0.2, -0.15) is 0 Å². The van der Waals surface area contributed by atoms with E-state index in [4.69, 9.17) is 5.11 Å². The van der Waals surface area contributed by atoms with Gasteiger partial charge in [0.15, 0.2) is 0 Å². The van der Waals surface area contributed by atoms with Crippen LogP contribution in [0.1, 0.15) is 97.3 Å². The summed E-state index contributed by atoms with van der Waals surface area (Å²) >= 11 is 0. The van der Waals surface area contributed by atoms with Gasteiger partial charge in [-0.25, -0.2) is 0 Å². The van der Waals surface area contributed by atoms with E-state index in [-0.39, 0.29) is 0 Å². The molecule has 0 aromatic carbocycles. The van der Waals surface area contributed by atoms with Crippen molar-refractivity contribution < 1.29 is 9.90 Å². The average Bonchev–Trinajstić information content (AvgIpc) is 2.43. The molecule has 2 nitrogen and oxygen atoms in total. The fourth-order valence-electron chi connectivity index (χ4n) is 1.95. The first-order valence-corrected chi connectivity index (χ1v) is 8.51. The standard InChI is InChI=1S/C12H24.C6H12O2/c1-3-5-7-9-11-12-10-8-6-4-2;1-2-3-4-5-6(7)8/h3H,1,4-12H2,2H3;2-5H2,1H3,(H,7,8). The third-order valence-electron chi connectivity index (χ3n) is 3.26. The van der Waals surface area contributed by atoms with Gasteiger partial charge in [0, 0.05) is 6.42 Å². The summed E-state index contributed by atoms with van der Waals surface area (Å²) in [7, 11) is 0. The third-order valence-corrected chi connectivity index (χ3v) is 3.26. The summed E-state index contributed by atoms with van der Waals surface area (Å²) < 4.78 is 0. The largest absolute Gasteiger partial charge is 0.481 e. The molecule has 0 aliphatic rings. The van der Waals surface area contributed by atoms with E-state index >= 15 is 0 Å². The first-order valence-electron chi connectivity index (χ1n) is 8.51. The van der Waals surface area contributed by atoms with Gasteiger partial charge in [0.1, 0.15) is 0 Å². The molecule has 2 heteroatoms. The molecule has 0 saturated carbocycles. The topological polar surface area (TPSA) is 37.3 Å². The van der Waals surface area contributed by atoms with Crippen molar-refractivity contribution in [3.8, 4) is 0 Å². The van der Waals surface area contributed by atoms with Crippen molar-refractivity contribution in [3.05, 3.63) is 12.7 Å². The molecule has 1 N–H and O–H groups in total. The van der Waals surface area contributed by atoms with Gasteiger partial charge in [0.05, 0.1) is 0 Å². The number of carbonyl (C=O) groups is 1. The second-order valence-electron chi connectivity index (χ2n) is 5.40. The SMILES string of the molecule is C=CCCCCCCCCCC.CCCCCC(=O)O. The van der Waals surface area contributed by atoms with Crippen LogP contribution in [0.25, 0.3) is 0 Å². The van der Waals surface area contributed by atoms with Gasteiger partial charge in [-0.15, -0.1) is 6.58 Å². The van der Waals surface area contributed by atoms with Gasteiger partial charge in [0.2, 0.25) is 0 Å². The van der Waals surface area contributed by atoms with E-state index in [1.54, 1.807) is 0 Å². The van der Waals surface area contributed by atoms with E-state index in [1.807, 2.05) is 6.08 Å². The van der Waals surface area contributed by atoms with Crippen molar-refractivity contribution >= 4 is 5.97 Å². The van der Waals surface area contributed by atoms with E-state index in [0.29, 0.717) is 6.42 Å². The second kappa shape index (κ2) is 20.5. The summed E-state index contributed by atoms with van der Waals surface area (Å²) in [5, 5.41) is 8.14. The Morgan fingerprint density at radius 1 is 0.850 bits per heavy atom. The Bertz CT molecular complexity index is 200. The number of allylic oxidation sites excluding steroid dienone is 1. The Morgan fingerprint density at radius 3 is 1.75 bits per heavy atom. The molecule has 0 bridgehead atoms. The van der Waals surface area contributed by atoms with E-state index in [1.165, 1.54) is 57.8 Å². The number of carboxylic acid groups (broad SMARTS) is 1. The lowest BCUT2D eigenvalue weighted by Crippen LogP contribution is -1.92. The highest BCUT2D eigenvalue weighted by Gasteiger charge is 1.92. The molecule has 0 aromatic heterocycles. The van der Waals surface area contributed by atoms with Crippen molar-refractivity contribution in [2.45, 2.75) is 97.3 Å². The second-order valence-corrected chi connectivity index (χ2v) is 5.40. The van der Waals surface area contributed by atoms with Gasteiger partial charge in [-0.05, 0) is 19.3 Å². The minimum absolute atomic E-state index is 0.327. The molecular weight excluding hydrogens is 248 g/mol. The number of unbranched alkanes of at least 4 members (excludes halogenated alkanes) is 10. The van der Waals surface area contributed by atoms with E-state index in [9.17, 15) is 4.79 Å². The molecule has 0 spiro atoms. The van der Waals surface area contributed by atoms with Crippen molar-refractivity contribution in [2.75, 3.05) is 0 Å². The Labute approximate surface area is 126 Å². The van der Waals surface area contributed by atoms with Crippen LogP contribution in [-0.4, -0.2) is 11.1 Å². The van der Waals surface area contributed by atoms with E-state index in [0.717, 1.165) is 19.3 Å². The quantitative estimate of drug-likeness (QED) is 0.316. The van der Waals surface area contributed by atoms with Crippen LogP contribution < -0.4 is 0 Å². The maximum Gasteiger partial charge on any atom is 0.303 e. The summed E-state index contributed by atoms with van der Waals surface area (Å²) in [4.78, 5) is 9.87. The van der Waals surface area contributed by atoms with Crippen molar-refractivity contribution in [2.24, 2.45) is 0 Å². The fourth-order valence-corrected chi connectivity index (χ4v) is 1.95. The maximum absolute atomic E-state index is 9.87. The first-order chi connectivity index (χ1) is 9.68. The van der Waals surface area contributed by atoms with Crippen LogP contribution in [-0.2, 0) is 4.79 Å². The van der Waals surface area contributed by atoms with Crippen LogP contribution >= 0.6 is 0 Å². The molecule has 0 aliphatic heterocycles. The van der Waals surface area contributed by atoms with Gasteiger partial charge < -0.3 is 5.11 Å². The van der Waals surface area contributed by atoms with Crippen LogP contribution in [0.3, 0.4) is 0 Å². The number of aliphatic carboxylic acids is 1. The third kappa shape index (κ3) is 25.9. The van der Waals surface area contributed by atoms with Crippen LogP contribution in [0.15, 0.2) is 12.7 Å². The van der Waals surface area contributed by atoms with Crippen molar-refractivity contribution in [1.82, 2.24) is 0 Å². The number of hydrogen-bond donors (Lipinski definition) is 1. The smallest absolute Gasteiger partial charge is 0.303 e. The lowest BCUT2D eigenvalue weighted by atomic mass is 10.1. The highest BCUT2D eigenvalue weighted by molar-refractivity contribution is 5.66. The Kier molecular flexibility index (Phi) is 22.1. The molecule has 0 atom stereocenters. The number of hydrogen-bond acceptors (Lipinski definition) is 1. The summed E-state index contributed by atoms with van der Waals surface area (Å²) in [6, 6.07) is 0. The Hall–Kier alpha value is -0.790. The molecule has 0 aliphatic carbocycles. The molecule has 0 radical (unpaired) electrons. The molecule has 0 aromatic rings. The molecule has 0 saturated heterocycles. The summed E-state index contributed by atoms with van der Waals surface area (Å²) in [6.07, 6.45) is 17.8. The van der Waals surface area contributed by atoms with Crippen molar-refractivity contribution in [1.29, 1.82) is 0 Å². The normalized spacial score (nSPS) is 9.70. The Morgan fingerprint density at radius 2 is 1.30 bits per heavy atom. The molecule has 0 heterocycles. The number of carboxylic acids is 1. The van der Waals surface area contributed by atoms with Gasteiger partial charge >= 0.3 is 5.97 Å². The predicted molar refractivity (Wildman–Crippen MR) is 89.2 cm³/mol. The summed E-state index contributed by atoms with van der Waals surface area (Å²) in [5.74, 6) is -0.682. The zero-order valence-corrected chi connectivity index (χ0v) is 13.8. The average molecular weight is 284 g/mol. The predicted octanol–water partition coefficient (Wildman–Crippen LogP) is 6.35. The van der Waals surface area contributed by atoms with Crippen LogP contribution in [0.4, 0.5) is 0 Å². The van der Waals surface area contributed by atoms with Crippen molar-refractivity contribution in [3.63, 3.8) is 0 Å². The van der Waals surface area contributed by atoms with E-state index < -0.39 is 5.97 Å². The zero-order valence-electron chi connectivity index (χ0n) is 13.8. The summed E-state index contributed by atoms with van der Waals surface area (Å²) in [6.45, 7) is 8.04. The number of rotatable bonds is 13. The molecule has 0 unspecified atom stereocenters. The minimum Gasteiger partial charge on any atom is -0.481 e. The molecule has 120 valence electrons. The summed E-state index contributed by atoms with van der Waals surface area (Å²) in [5.41, 5.74) is 0. The van der Waals surface area contributed by atoms with Gasteiger partial charge in [-0.1, -0.05) is 77.7 Å². The van der Waals surface area contributed by atoms with Crippen LogP contribution in [0.5, 0.6) is 0 Å². The molecule has 0 rings (SSSR count). The van der Waals surface area contributed by atoms with Crippen LogP contribution in [0.2, 0.25) is 0 Å². The van der Waals surface area contributed by atoms with Crippen LogP contribution in [0, 0.1) is 0 Å². The minimum atomic E-state index is -0.682. The lowest BCUT2D eigenvalue weighted by Gasteiger charge is -1.99. The first kappa shape index (κ1) is 21.5. The molecule has 20 heavy (non-hydrogen) atoms. The van der Waals surface area contributed by atoms with Gasteiger partial charge in [-0.3, -0.25) is 4.79 Å². The highest BCUT2D eigenvalue weighted by atomic mass is 16.4. The van der Waals surface area contributed by atoms with Gasteiger partial charge in [0.25, 0.3) is 0 Å². The molecule has 0 fully saturated rings.